The summed E-state index contributed by atoms with van der Waals surface area (Å²) in [4.78, 5) is 11.3. The van der Waals surface area contributed by atoms with E-state index in [9.17, 15) is 23.4 Å². The molecule has 1 heterocycles. The average molecular weight is 322 g/mol. The second-order valence-electron chi connectivity index (χ2n) is 5.27. The number of piperidine rings is 1. The van der Waals surface area contributed by atoms with Crippen LogP contribution >= 0.6 is 0 Å². The zero-order chi connectivity index (χ0) is 16.0. The second kappa shape index (κ2) is 8.07. The molecule has 0 spiro atoms. The molecule has 0 radical (unpaired) electrons. The van der Waals surface area contributed by atoms with Crippen LogP contribution in [0.15, 0.2) is 0 Å². The van der Waals surface area contributed by atoms with Gasteiger partial charge in [-0.3, -0.25) is 4.79 Å². The van der Waals surface area contributed by atoms with Crippen LogP contribution in [0.3, 0.4) is 0 Å². The van der Waals surface area contributed by atoms with Gasteiger partial charge in [0.1, 0.15) is 6.04 Å². The minimum Gasteiger partial charge on any atom is -0.480 e. The fraction of sp³-hybridized carbons (Fsp3) is 0.923. The van der Waals surface area contributed by atoms with Gasteiger partial charge in [0.25, 0.3) is 10.2 Å². The van der Waals surface area contributed by atoms with Crippen molar-refractivity contribution in [2.24, 2.45) is 0 Å². The lowest BCUT2D eigenvalue weighted by molar-refractivity contribution is -0.142. The van der Waals surface area contributed by atoms with Gasteiger partial charge in [0, 0.05) is 19.1 Å². The maximum Gasteiger partial charge on any atom is 0.322 e. The summed E-state index contributed by atoms with van der Waals surface area (Å²) in [6, 6.07) is -1.22. The number of hydrogen-bond acceptors (Lipinski definition) is 4. The van der Waals surface area contributed by atoms with Crippen molar-refractivity contribution in [2.45, 2.75) is 58.0 Å². The molecular formula is C13H26N2O5S. The fourth-order valence-corrected chi connectivity index (χ4v) is 4.98. The summed E-state index contributed by atoms with van der Waals surface area (Å²) in [6.45, 7) is 3.72. The summed E-state index contributed by atoms with van der Waals surface area (Å²) in [6.07, 6.45) is 2.97. The third-order valence-corrected chi connectivity index (χ3v) is 6.10. The summed E-state index contributed by atoms with van der Waals surface area (Å²) in [5.41, 5.74) is 0. The summed E-state index contributed by atoms with van der Waals surface area (Å²) in [5, 5.41) is 18.4. The first kappa shape index (κ1) is 18.3. The predicted molar refractivity (Wildman–Crippen MR) is 79.1 cm³/mol. The van der Waals surface area contributed by atoms with Gasteiger partial charge >= 0.3 is 5.97 Å². The lowest BCUT2D eigenvalue weighted by atomic mass is 10.1. The van der Waals surface area contributed by atoms with Gasteiger partial charge in [-0.1, -0.05) is 13.8 Å². The van der Waals surface area contributed by atoms with Crippen LogP contribution in [0, 0.1) is 0 Å². The molecular weight excluding hydrogens is 296 g/mol. The van der Waals surface area contributed by atoms with E-state index < -0.39 is 22.2 Å². The Morgan fingerprint density at radius 3 is 2.43 bits per heavy atom. The van der Waals surface area contributed by atoms with Crippen LogP contribution in [0.4, 0.5) is 0 Å². The standard InChI is InChI=1S/C13H26N2O5S/c1-3-11(4-2)14(9-10-16)21(19,20)15-8-6-5-7-12(15)13(17)18/h11-12,16H,3-10H2,1-2H3,(H,17,18). The predicted octanol–water partition coefficient (Wildman–Crippen LogP) is 0.653. The SMILES string of the molecule is CCC(CC)N(CCO)S(=O)(=O)N1CCCCC1C(=O)O. The lowest BCUT2D eigenvalue weighted by Gasteiger charge is -2.38. The smallest absolute Gasteiger partial charge is 0.322 e. The fourth-order valence-electron chi connectivity index (χ4n) is 2.84. The minimum absolute atomic E-state index is 0.00246. The molecule has 1 aliphatic heterocycles. The molecule has 7 nitrogen and oxygen atoms in total. The minimum atomic E-state index is -3.88. The molecule has 1 rings (SSSR count). The summed E-state index contributed by atoms with van der Waals surface area (Å²) >= 11 is 0. The number of aliphatic hydroxyl groups is 1. The maximum absolute atomic E-state index is 12.8. The lowest BCUT2D eigenvalue weighted by Crippen LogP contribution is -2.56. The topological polar surface area (TPSA) is 98.2 Å². The van der Waals surface area contributed by atoms with Gasteiger partial charge in [0.2, 0.25) is 0 Å². The average Bonchev–Trinajstić information content (AvgIpc) is 2.47. The van der Waals surface area contributed by atoms with Crippen LogP contribution < -0.4 is 0 Å². The van der Waals surface area contributed by atoms with Crippen LogP contribution in [0.2, 0.25) is 0 Å². The van der Waals surface area contributed by atoms with E-state index >= 15 is 0 Å². The number of hydrogen-bond donors (Lipinski definition) is 2. The van der Waals surface area contributed by atoms with E-state index in [-0.39, 0.29) is 25.7 Å². The van der Waals surface area contributed by atoms with Crippen LogP contribution in [0.25, 0.3) is 0 Å². The van der Waals surface area contributed by atoms with Crippen molar-refractivity contribution in [3.05, 3.63) is 0 Å². The van der Waals surface area contributed by atoms with Gasteiger partial charge in [-0.25, -0.2) is 0 Å². The van der Waals surface area contributed by atoms with Crippen LogP contribution in [-0.2, 0) is 15.0 Å². The molecule has 21 heavy (non-hydrogen) atoms. The third-order valence-electron chi connectivity index (χ3n) is 4.00. The second-order valence-corrected chi connectivity index (χ2v) is 7.11. The highest BCUT2D eigenvalue weighted by molar-refractivity contribution is 7.86. The molecule has 0 aromatic rings. The molecule has 2 N–H and O–H groups in total. The zero-order valence-corrected chi connectivity index (χ0v) is 13.5. The van der Waals surface area contributed by atoms with E-state index in [2.05, 4.69) is 0 Å². The molecule has 0 aliphatic carbocycles. The molecule has 124 valence electrons. The summed E-state index contributed by atoms with van der Waals surface area (Å²) in [7, 11) is -3.88. The Labute approximate surface area is 126 Å². The van der Waals surface area contributed by atoms with Crippen molar-refractivity contribution < 1.29 is 23.4 Å². The van der Waals surface area contributed by atoms with Crippen molar-refractivity contribution in [1.82, 2.24) is 8.61 Å². The number of rotatable bonds is 8. The summed E-state index contributed by atoms with van der Waals surface area (Å²) in [5.74, 6) is -1.10. The molecule has 1 saturated heterocycles. The first-order chi connectivity index (χ1) is 9.89. The number of carboxylic acids is 1. The van der Waals surface area contributed by atoms with E-state index in [1.165, 1.54) is 4.31 Å². The van der Waals surface area contributed by atoms with Crippen LogP contribution in [-0.4, -0.2) is 65.0 Å². The van der Waals surface area contributed by atoms with Crippen LogP contribution in [0.5, 0.6) is 0 Å². The Hall–Kier alpha value is -0.700. The highest BCUT2D eigenvalue weighted by atomic mass is 32.2. The van der Waals surface area contributed by atoms with E-state index in [0.29, 0.717) is 32.1 Å². The molecule has 0 saturated carbocycles. The number of carboxylic acid groups (broad SMARTS) is 1. The highest BCUT2D eigenvalue weighted by Crippen LogP contribution is 2.25. The van der Waals surface area contributed by atoms with Gasteiger partial charge in [-0.2, -0.15) is 17.0 Å². The van der Waals surface area contributed by atoms with Gasteiger partial charge < -0.3 is 10.2 Å². The number of carbonyl (C=O) groups is 1. The highest BCUT2D eigenvalue weighted by Gasteiger charge is 2.41. The Morgan fingerprint density at radius 1 is 1.33 bits per heavy atom. The molecule has 0 amide bonds. The quantitative estimate of drug-likeness (QED) is 0.684. The van der Waals surface area contributed by atoms with E-state index in [4.69, 9.17) is 0 Å². The van der Waals surface area contributed by atoms with E-state index in [1.807, 2.05) is 13.8 Å². The van der Waals surface area contributed by atoms with Crippen molar-refractivity contribution in [2.75, 3.05) is 19.7 Å². The molecule has 1 unspecified atom stereocenters. The zero-order valence-electron chi connectivity index (χ0n) is 12.7. The van der Waals surface area contributed by atoms with Gasteiger partial charge in [0.05, 0.1) is 6.61 Å². The van der Waals surface area contributed by atoms with Crippen molar-refractivity contribution >= 4 is 16.2 Å². The normalized spacial score (nSPS) is 21.1. The Balaban J connectivity index is 3.10. The molecule has 0 bridgehead atoms. The molecule has 0 aromatic heterocycles. The molecule has 0 aromatic carbocycles. The Kier molecular flexibility index (Phi) is 7.05. The Bertz CT molecular complexity index is 436. The number of aliphatic carboxylic acids is 1. The van der Waals surface area contributed by atoms with Crippen molar-refractivity contribution in [3.8, 4) is 0 Å². The summed E-state index contributed by atoms with van der Waals surface area (Å²) < 4.78 is 28.0. The monoisotopic (exact) mass is 322 g/mol. The molecule has 1 atom stereocenters. The largest absolute Gasteiger partial charge is 0.480 e. The molecule has 1 aliphatic rings. The van der Waals surface area contributed by atoms with E-state index in [0.717, 1.165) is 4.31 Å². The Morgan fingerprint density at radius 2 is 1.95 bits per heavy atom. The van der Waals surface area contributed by atoms with Crippen LogP contribution in [0.1, 0.15) is 46.0 Å². The molecule has 8 heteroatoms. The molecule has 1 fully saturated rings. The number of aliphatic hydroxyl groups excluding tert-OH is 1. The van der Waals surface area contributed by atoms with E-state index in [1.54, 1.807) is 0 Å². The van der Waals surface area contributed by atoms with Crippen molar-refractivity contribution in [3.63, 3.8) is 0 Å². The maximum atomic E-state index is 12.8. The van der Waals surface area contributed by atoms with Gasteiger partial charge in [-0.05, 0) is 32.1 Å². The third kappa shape index (κ3) is 4.15. The first-order valence-electron chi connectivity index (χ1n) is 7.52. The van der Waals surface area contributed by atoms with Gasteiger partial charge in [-0.15, -0.1) is 0 Å². The van der Waals surface area contributed by atoms with Crippen molar-refractivity contribution in [1.29, 1.82) is 0 Å². The number of nitrogens with zero attached hydrogens (tertiary/aromatic N) is 2. The first-order valence-corrected chi connectivity index (χ1v) is 8.92. The van der Waals surface area contributed by atoms with Gasteiger partial charge in [0.15, 0.2) is 0 Å².